The van der Waals surface area contributed by atoms with E-state index in [0.29, 0.717) is 70.4 Å². The highest BCUT2D eigenvalue weighted by molar-refractivity contribution is 7.91. The molecule has 0 unspecified atom stereocenters. The average molecular weight is 1160 g/mol. The van der Waals surface area contributed by atoms with Crippen molar-refractivity contribution in [2.75, 3.05) is 131 Å². The number of rotatable bonds is 35. The summed E-state index contributed by atoms with van der Waals surface area (Å²) < 4.78 is 88.3. The van der Waals surface area contributed by atoms with E-state index in [1.54, 1.807) is 38.1 Å². The molecular formula is C61H85N5O13S2. The van der Waals surface area contributed by atoms with Crippen LogP contribution < -0.4 is 24.8 Å². The molecule has 4 aliphatic rings. The van der Waals surface area contributed by atoms with E-state index in [1.165, 1.54) is 60.8 Å². The van der Waals surface area contributed by atoms with E-state index in [4.69, 9.17) is 37.9 Å². The van der Waals surface area contributed by atoms with Crippen molar-refractivity contribution in [2.45, 2.75) is 99.3 Å². The number of fused-ring (bicyclic) bond motifs is 2. The summed E-state index contributed by atoms with van der Waals surface area (Å²) in [5, 5.41) is 5.50. The number of carbonyl (C=O) groups excluding carboxylic acids is 2. The van der Waals surface area contributed by atoms with Crippen LogP contribution in [-0.4, -0.2) is 178 Å². The predicted molar refractivity (Wildman–Crippen MR) is 310 cm³/mol. The van der Waals surface area contributed by atoms with Gasteiger partial charge >= 0.3 is 0 Å². The smallest absolute Gasteiger partial charge is 0.240 e. The van der Waals surface area contributed by atoms with Crippen molar-refractivity contribution in [3.63, 3.8) is 0 Å². The summed E-state index contributed by atoms with van der Waals surface area (Å²) in [4.78, 5) is 31.7. The molecule has 5 atom stereocenters. The minimum Gasteiger partial charge on any atom is -0.611 e. The number of nitrogens with one attached hydrogen (secondary N) is 3. The summed E-state index contributed by atoms with van der Waals surface area (Å²) in [6, 6.07) is 31.8. The topological polar surface area (TPSA) is 208 Å². The van der Waals surface area contributed by atoms with Gasteiger partial charge in [-0.2, -0.15) is 0 Å². The van der Waals surface area contributed by atoms with Crippen molar-refractivity contribution in [3.8, 4) is 11.5 Å². The third-order valence-electron chi connectivity index (χ3n) is 15.4. The first-order valence-corrected chi connectivity index (χ1v) is 31.9. The fourth-order valence-electron chi connectivity index (χ4n) is 10.8. The van der Waals surface area contributed by atoms with Gasteiger partial charge in [0.05, 0.1) is 96.3 Å². The number of amides is 2. The molecule has 0 spiro atoms. The van der Waals surface area contributed by atoms with Crippen LogP contribution in [0.4, 0.5) is 0 Å². The Kier molecular flexibility index (Phi) is 24.9. The summed E-state index contributed by atoms with van der Waals surface area (Å²) >= 11 is -1.21. The van der Waals surface area contributed by atoms with Crippen molar-refractivity contribution in [2.24, 2.45) is 5.41 Å². The molecule has 2 amide bonds. The SMILES string of the molecule is CC(C)(C(=O)NCCOCCOCCOCCNS(=O)(=O)c1ccc(O[C@H]2c3ccccc3C[C@@H]2N2CCCCC2)cc1)C(=O)NCCOCCOCCOCC[S@@+]([O-])c1ccc(O[C@H]2c3ccccc3C[C@@H]2N2CCCCC2)cc1. The van der Waals surface area contributed by atoms with Gasteiger partial charge in [0, 0.05) is 19.6 Å². The Hall–Kier alpha value is -4.68. The monoisotopic (exact) mass is 1160 g/mol. The lowest BCUT2D eigenvalue weighted by molar-refractivity contribution is -0.141. The van der Waals surface area contributed by atoms with Crippen LogP contribution >= 0.6 is 0 Å². The van der Waals surface area contributed by atoms with Gasteiger partial charge in [0.25, 0.3) is 0 Å². The maximum Gasteiger partial charge on any atom is 0.240 e. The van der Waals surface area contributed by atoms with Crippen molar-refractivity contribution in [3.05, 3.63) is 119 Å². The number of hydrogen-bond acceptors (Lipinski definition) is 15. The van der Waals surface area contributed by atoms with E-state index in [9.17, 15) is 22.6 Å². The quantitative estimate of drug-likeness (QED) is 0.0267. The lowest BCUT2D eigenvalue weighted by Gasteiger charge is -2.35. The van der Waals surface area contributed by atoms with Gasteiger partial charge in [-0.3, -0.25) is 19.4 Å². The number of hydrogen-bond donors (Lipinski definition) is 3. The minimum atomic E-state index is -3.74. The van der Waals surface area contributed by atoms with Crippen molar-refractivity contribution in [1.82, 2.24) is 25.2 Å². The van der Waals surface area contributed by atoms with Crippen LogP contribution in [0.2, 0.25) is 0 Å². The Balaban J connectivity index is 0.577. The molecule has 2 fully saturated rings. The number of carbonyl (C=O) groups is 2. The van der Waals surface area contributed by atoms with Crippen LogP contribution in [0.1, 0.15) is 86.8 Å². The first-order chi connectivity index (χ1) is 39.5. The van der Waals surface area contributed by atoms with E-state index in [2.05, 4.69) is 67.6 Å². The summed E-state index contributed by atoms with van der Waals surface area (Å²) in [7, 11) is -3.74. The number of likely N-dealkylation sites (tertiary alicyclic amines) is 2. The molecule has 2 saturated heterocycles. The van der Waals surface area contributed by atoms with Crippen LogP contribution in [0.3, 0.4) is 0 Å². The first kappa shape index (κ1) is 62.4. The summed E-state index contributed by atoms with van der Waals surface area (Å²) in [5.41, 5.74) is 3.83. The summed E-state index contributed by atoms with van der Waals surface area (Å²) in [5.74, 6) is 0.940. The highest BCUT2D eigenvalue weighted by Gasteiger charge is 2.40. The number of nitrogens with zero attached hydrogens (tertiary/aromatic N) is 2. The zero-order valence-corrected chi connectivity index (χ0v) is 49.0. The summed E-state index contributed by atoms with van der Waals surface area (Å²) in [6.45, 7) is 11.6. The molecule has 2 heterocycles. The van der Waals surface area contributed by atoms with Gasteiger partial charge in [-0.05, 0) is 161 Å². The molecule has 2 aliphatic heterocycles. The van der Waals surface area contributed by atoms with Gasteiger partial charge in [0.15, 0.2) is 4.90 Å². The van der Waals surface area contributed by atoms with Crippen LogP contribution in [0.25, 0.3) is 0 Å². The molecule has 8 rings (SSSR count). The molecule has 0 saturated carbocycles. The predicted octanol–water partition coefficient (Wildman–Crippen LogP) is 6.19. The third-order valence-corrected chi connectivity index (χ3v) is 18.2. The first-order valence-electron chi connectivity index (χ1n) is 29.1. The number of piperidine rings is 2. The lowest BCUT2D eigenvalue weighted by atomic mass is 9.91. The largest absolute Gasteiger partial charge is 0.611 e. The third kappa shape index (κ3) is 18.7. The highest BCUT2D eigenvalue weighted by atomic mass is 32.2. The zero-order valence-electron chi connectivity index (χ0n) is 47.4. The Labute approximate surface area is 482 Å². The van der Waals surface area contributed by atoms with E-state index in [1.807, 2.05) is 30.3 Å². The van der Waals surface area contributed by atoms with E-state index in [0.717, 1.165) is 49.7 Å². The van der Waals surface area contributed by atoms with Gasteiger partial charge < -0.3 is 53.1 Å². The normalized spacial score (nSPS) is 19.9. The average Bonchev–Trinajstić information content (AvgIpc) is 4.29. The zero-order chi connectivity index (χ0) is 56.7. The Morgan fingerprint density at radius 1 is 0.531 bits per heavy atom. The number of benzene rings is 4. The molecule has 0 bridgehead atoms. The van der Waals surface area contributed by atoms with Gasteiger partial charge in [-0.1, -0.05) is 61.4 Å². The van der Waals surface area contributed by atoms with Crippen molar-refractivity contribution in [1.29, 1.82) is 0 Å². The molecule has 18 nitrogen and oxygen atoms in total. The van der Waals surface area contributed by atoms with Crippen LogP contribution in [0.15, 0.2) is 107 Å². The van der Waals surface area contributed by atoms with E-state index in [-0.39, 0.29) is 69.2 Å². The second-order valence-electron chi connectivity index (χ2n) is 21.4. The lowest BCUT2D eigenvalue weighted by Crippen LogP contribution is -2.49. The van der Waals surface area contributed by atoms with Gasteiger partial charge in [0.1, 0.15) is 34.9 Å². The maximum atomic E-state index is 13.0. The molecule has 20 heteroatoms. The van der Waals surface area contributed by atoms with Crippen molar-refractivity contribution < 1.29 is 60.5 Å². The molecule has 81 heavy (non-hydrogen) atoms. The molecule has 0 aromatic heterocycles. The molecule has 4 aromatic rings. The Morgan fingerprint density at radius 3 is 1.38 bits per heavy atom. The van der Waals surface area contributed by atoms with Gasteiger partial charge in [0.2, 0.25) is 21.8 Å². The molecular weight excluding hydrogens is 1070 g/mol. The number of sulfonamides is 1. The van der Waals surface area contributed by atoms with Crippen LogP contribution in [-0.2, 0) is 72.1 Å². The molecule has 444 valence electrons. The number of ether oxygens (including phenoxy) is 8. The van der Waals surface area contributed by atoms with E-state index < -0.39 is 38.4 Å². The fourth-order valence-corrected chi connectivity index (χ4v) is 12.8. The molecule has 0 radical (unpaired) electrons. The maximum absolute atomic E-state index is 13.0. The molecule has 4 aromatic carbocycles. The summed E-state index contributed by atoms with van der Waals surface area (Å²) in [6.07, 6.45) is 9.24. The highest BCUT2D eigenvalue weighted by Crippen LogP contribution is 2.41. The van der Waals surface area contributed by atoms with E-state index >= 15 is 0 Å². The van der Waals surface area contributed by atoms with Gasteiger partial charge in [-0.25, -0.2) is 13.1 Å². The Bertz CT molecular complexity index is 2640. The standard InChI is InChI=1S/C61H85N5O13S2/c1-61(2,60(68)63-26-33-73-36-39-76-41-42-77-43-44-80(69)51-21-17-49(18-22-51)78-57-53-15-7-5-13-47(53)45-55(57)65-28-9-3-10-29-65)59(67)62-25-32-72-35-38-75-40-37-74-34-27-64-81(70,71)52-23-19-50(20-24-52)79-58-54-16-8-6-14-48(54)46-56(58)66-30-11-4-12-31-66/h5-8,13-24,55-58,64H,3-4,9-12,25-46H2,1-2H3,(H,62,67)(H,63,68)/t55-,56-,57-,58-,80+/m0/s1. The second-order valence-corrected chi connectivity index (χ2v) is 24.7. The second kappa shape index (κ2) is 32.4. The Morgan fingerprint density at radius 2 is 0.926 bits per heavy atom. The van der Waals surface area contributed by atoms with Crippen LogP contribution in [0, 0.1) is 5.41 Å². The molecule has 2 aliphatic carbocycles. The van der Waals surface area contributed by atoms with Gasteiger partial charge in [-0.15, -0.1) is 0 Å². The van der Waals surface area contributed by atoms with Crippen LogP contribution in [0.5, 0.6) is 11.5 Å². The van der Waals surface area contributed by atoms with Crippen molar-refractivity contribution >= 4 is 33.0 Å². The molecule has 3 N–H and O–H groups in total. The fraction of sp³-hybridized carbons (Fsp3) is 0.574. The minimum absolute atomic E-state index is 0.0238.